The van der Waals surface area contributed by atoms with E-state index in [0.717, 1.165) is 4.57 Å². The maximum absolute atomic E-state index is 11.2. The molecule has 0 aliphatic heterocycles. The summed E-state index contributed by atoms with van der Waals surface area (Å²) in [6.45, 7) is 2.00. The highest BCUT2D eigenvalue weighted by molar-refractivity contribution is 6.31. The highest BCUT2D eigenvalue weighted by Gasteiger charge is 2.22. The average molecular weight is 234 g/mol. The van der Waals surface area contributed by atoms with Crippen LogP contribution >= 0.6 is 11.6 Å². The van der Waals surface area contributed by atoms with Gasteiger partial charge < -0.3 is 0 Å². The van der Waals surface area contributed by atoms with Crippen molar-refractivity contribution >= 4 is 17.3 Å². The van der Waals surface area contributed by atoms with E-state index in [1.807, 2.05) is 4.98 Å². The van der Waals surface area contributed by atoms with Gasteiger partial charge in [0.15, 0.2) is 5.15 Å². The molecule has 0 radical (unpaired) electrons. The molecule has 1 aromatic heterocycles. The first-order valence-electron chi connectivity index (χ1n) is 4.16. The maximum Gasteiger partial charge on any atom is 0.369 e. The van der Waals surface area contributed by atoms with Gasteiger partial charge in [0.25, 0.3) is 0 Å². The van der Waals surface area contributed by atoms with E-state index in [1.165, 1.54) is 0 Å². The van der Waals surface area contributed by atoms with E-state index in [9.17, 15) is 19.7 Å². The molecule has 0 aromatic carbocycles. The lowest BCUT2D eigenvalue weighted by molar-refractivity contribution is -0.386. The largest absolute Gasteiger partial charge is 0.369 e. The third-order valence-electron chi connectivity index (χ3n) is 1.74. The molecule has 0 amide bonds. The standard InChI is InChI=1S/C7H8ClN3O4/c1-2-3-10-5(8)4(11(14)15)6(12)9-7(10)13/h2-3H2,1H3,(H,9,12,13). The van der Waals surface area contributed by atoms with E-state index in [-0.39, 0.29) is 6.54 Å². The molecule has 0 unspecified atom stereocenters. The van der Waals surface area contributed by atoms with Crippen LogP contribution in [0, 0.1) is 10.1 Å². The first-order chi connectivity index (χ1) is 6.99. The van der Waals surface area contributed by atoms with Crippen LogP contribution < -0.4 is 11.2 Å². The number of aromatic nitrogens is 2. The zero-order valence-corrected chi connectivity index (χ0v) is 8.58. The van der Waals surface area contributed by atoms with Crippen molar-refractivity contribution in [2.24, 2.45) is 0 Å². The Kier molecular flexibility index (Phi) is 3.25. The lowest BCUT2D eigenvalue weighted by atomic mass is 10.4. The highest BCUT2D eigenvalue weighted by Crippen LogP contribution is 2.16. The van der Waals surface area contributed by atoms with Gasteiger partial charge in [0, 0.05) is 6.54 Å². The molecular formula is C7H8ClN3O4. The molecule has 8 heteroatoms. The van der Waals surface area contributed by atoms with E-state index >= 15 is 0 Å². The van der Waals surface area contributed by atoms with Crippen LogP contribution in [0.15, 0.2) is 9.59 Å². The summed E-state index contributed by atoms with van der Waals surface area (Å²) in [5.74, 6) is 0. The quantitative estimate of drug-likeness (QED) is 0.467. The summed E-state index contributed by atoms with van der Waals surface area (Å²) in [6.07, 6.45) is 0.572. The van der Waals surface area contributed by atoms with E-state index in [4.69, 9.17) is 11.6 Å². The zero-order chi connectivity index (χ0) is 11.6. The summed E-state index contributed by atoms with van der Waals surface area (Å²) < 4.78 is 0.959. The van der Waals surface area contributed by atoms with Crippen molar-refractivity contribution in [2.75, 3.05) is 0 Å². The summed E-state index contributed by atoms with van der Waals surface area (Å²) >= 11 is 5.59. The van der Waals surface area contributed by atoms with Gasteiger partial charge >= 0.3 is 16.9 Å². The number of nitrogens with one attached hydrogen (secondary N) is 1. The topological polar surface area (TPSA) is 98.0 Å². The third-order valence-corrected chi connectivity index (χ3v) is 2.13. The molecule has 1 aromatic rings. The number of nitro groups is 1. The smallest absolute Gasteiger partial charge is 0.278 e. The third kappa shape index (κ3) is 2.07. The van der Waals surface area contributed by atoms with Crippen LogP contribution in [0.4, 0.5) is 5.69 Å². The fraction of sp³-hybridized carbons (Fsp3) is 0.429. The normalized spacial score (nSPS) is 10.3. The van der Waals surface area contributed by atoms with Crippen molar-refractivity contribution < 1.29 is 4.92 Å². The lowest BCUT2D eigenvalue weighted by Gasteiger charge is -2.04. The molecule has 1 heterocycles. The van der Waals surface area contributed by atoms with Gasteiger partial charge in [0.2, 0.25) is 0 Å². The Morgan fingerprint density at radius 3 is 2.60 bits per heavy atom. The first kappa shape index (κ1) is 11.4. The van der Waals surface area contributed by atoms with Crippen molar-refractivity contribution in [3.63, 3.8) is 0 Å². The van der Waals surface area contributed by atoms with Gasteiger partial charge in [-0.25, -0.2) is 4.79 Å². The van der Waals surface area contributed by atoms with Crippen molar-refractivity contribution in [1.82, 2.24) is 9.55 Å². The van der Waals surface area contributed by atoms with Gasteiger partial charge in [0.1, 0.15) is 0 Å². The van der Waals surface area contributed by atoms with Gasteiger partial charge in [-0.3, -0.25) is 24.5 Å². The minimum absolute atomic E-state index is 0.218. The van der Waals surface area contributed by atoms with Gasteiger partial charge in [-0.15, -0.1) is 0 Å². The van der Waals surface area contributed by atoms with E-state index in [2.05, 4.69) is 0 Å². The summed E-state index contributed by atoms with van der Waals surface area (Å²) in [4.78, 5) is 33.7. The van der Waals surface area contributed by atoms with Gasteiger partial charge in [-0.2, -0.15) is 0 Å². The Bertz CT molecular complexity index is 504. The number of rotatable bonds is 3. The fourth-order valence-electron chi connectivity index (χ4n) is 1.12. The molecule has 0 saturated carbocycles. The summed E-state index contributed by atoms with van der Waals surface area (Å²) in [5, 5.41) is 10.1. The van der Waals surface area contributed by atoms with Gasteiger partial charge in [-0.05, 0) is 6.42 Å². The Morgan fingerprint density at radius 2 is 2.13 bits per heavy atom. The maximum atomic E-state index is 11.2. The second-order valence-corrected chi connectivity index (χ2v) is 3.17. The number of aromatic amines is 1. The van der Waals surface area contributed by atoms with Gasteiger partial charge in [-0.1, -0.05) is 18.5 Å². The number of H-pyrrole nitrogens is 1. The van der Waals surface area contributed by atoms with Crippen molar-refractivity contribution in [3.8, 4) is 0 Å². The molecule has 0 aliphatic carbocycles. The Balaban J connectivity index is 3.56. The van der Waals surface area contributed by atoms with Gasteiger partial charge in [0.05, 0.1) is 4.92 Å². The van der Waals surface area contributed by atoms with Crippen molar-refractivity contribution in [1.29, 1.82) is 0 Å². The Labute approximate surface area is 88.5 Å². The number of hydrogen-bond acceptors (Lipinski definition) is 4. The number of nitrogens with zero attached hydrogens (tertiary/aromatic N) is 2. The minimum atomic E-state index is -1.08. The zero-order valence-electron chi connectivity index (χ0n) is 7.82. The molecule has 0 spiro atoms. The van der Waals surface area contributed by atoms with Crippen LogP contribution in [0.25, 0.3) is 0 Å². The summed E-state index contributed by atoms with van der Waals surface area (Å²) in [7, 11) is 0. The second kappa shape index (κ2) is 4.26. The minimum Gasteiger partial charge on any atom is -0.278 e. The average Bonchev–Trinajstić information content (AvgIpc) is 2.11. The van der Waals surface area contributed by atoms with Crippen molar-refractivity contribution in [2.45, 2.75) is 19.9 Å². The monoisotopic (exact) mass is 233 g/mol. The van der Waals surface area contributed by atoms with E-state index in [0.29, 0.717) is 6.42 Å². The Hall–Kier alpha value is -1.63. The van der Waals surface area contributed by atoms with Crippen LogP contribution in [0.1, 0.15) is 13.3 Å². The predicted molar refractivity (Wildman–Crippen MR) is 53.3 cm³/mol. The second-order valence-electron chi connectivity index (χ2n) is 2.81. The molecule has 7 nitrogen and oxygen atoms in total. The molecule has 1 N–H and O–H groups in total. The first-order valence-corrected chi connectivity index (χ1v) is 4.53. The molecule has 0 saturated heterocycles. The lowest BCUT2D eigenvalue weighted by Crippen LogP contribution is -2.32. The fourth-order valence-corrected chi connectivity index (χ4v) is 1.43. The summed E-state index contributed by atoms with van der Waals surface area (Å²) in [5.41, 5.74) is -2.62. The highest BCUT2D eigenvalue weighted by atomic mass is 35.5. The van der Waals surface area contributed by atoms with Crippen molar-refractivity contribution in [3.05, 3.63) is 36.1 Å². The molecule has 0 fully saturated rings. The molecular weight excluding hydrogens is 226 g/mol. The molecule has 0 aliphatic rings. The summed E-state index contributed by atoms with van der Waals surface area (Å²) in [6, 6.07) is 0. The SMILES string of the molecule is CCCn1c(Cl)c([N+](=O)[O-])c(=O)[nH]c1=O. The molecule has 15 heavy (non-hydrogen) atoms. The molecule has 0 bridgehead atoms. The number of halogens is 1. The Morgan fingerprint density at radius 1 is 1.53 bits per heavy atom. The van der Waals surface area contributed by atoms with Crippen LogP contribution in [0.5, 0.6) is 0 Å². The van der Waals surface area contributed by atoms with E-state index < -0.39 is 27.0 Å². The van der Waals surface area contributed by atoms with Crippen LogP contribution in [-0.4, -0.2) is 14.5 Å². The van der Waals surface area contributed by atoms with Crippen LogP contribution in [0.3, 0.4) is 0 Å². The molecule has 82 valence electrons. The van der Waals surface area contributed by atoms with Crippen LogP contribution in [0.2, 0.25) is 5.15 Å². The molecule has 0 atom stereocenters. The molecule has 1 rings (SSSR count). The number of hydrogen-bond donors (Lipinski definition) is 1. The predicted octanol–water partition coefficient (Wildman–Crippen LogP) is 0.508. The van der Waals surface area contributed by atoms with Crippen LogP contribution in [-0.2, 0) is 6.54 Å². The van der Waals surface area contributed by atoms with E-state index in [1.54, 1.807) is 6.92 Å².